The van der Waals surface area contributed by atoms with Crippen LogP contribution in [0.5, 0.6) is 0 Å². The lowest BCUT2D eigenvalue weighted by molar-refractivity contribution is -0.137. The molecule has 1 atom stereocenters. The van der Waals surface area contributed by atoms with E-state index in [1.807, 2.05) is 0 Å². The number of carbonyl (C=O) groups is 2. The monoisotopic (exact) mass is 270 g/mol. The van der Waals surface area contributed by atoms with E-state index in [-0.39, 0.29) is 17.7 Å². The summed E-state index contributed by atoms with van der Waals surface area (Å²) in [5.41, 5.74) is -0.212. The van der Waals surface area contributed by atoms with E-state index >= 15 is 0 Å². The van der Waals surface area contributed by atoms with Gasteiger partial charge in [0.2, 0.25) is 5.91 Å². The van der Waals surface area contributed by atoms with Crippen LogP contribution in [-0.4, -0.2) is 36.6 Å². The second kappa shape index (κ2) is 8.15. The third-order valence-corrected chi connectivity index (χ3v) is 3.81. The van der Waals surface area contributed by atoms with E-state index in [1.165, 1.54) is 0 Å². The Kier molecular flexibility index (Phi) is 6.84. The Balaban J connectivity index is 2.20. The Morgan fingerprint density at radius 3 is 2.68 bits per heavy atom. The Morgan fingerprint density at radius 1 is 1.32 bits per heavy atom. The fraction of sp³-hybridized carbons (Fsp3) is 0.857. The molecule has 0 saturated carbocycles. The van der Waals surface area contributed by atoms with Crippen molar-refractivity contribution in [3.05, 3.63) is 0 Å². The number of nitrogens with one attached hydrogen (secondary N) is 2. The van der Waals surface area contributed by atoms with Crippen molar-refractivity contribution in [1.29, 1.82) is 0 Å². The molecule has 110 valence electrons. The predicted molar refractivity (Wildman–Crippen MR) is 73.9 cm³/mol. The molecule has 1 saturated heterocycles. The van der Waals surface area contributed by atoms with Crippen molar-refractivity contribution >= 4 is 11.9 Å². The summed E-state index contributed by atoms with van der Waals surface area (Å²) in [5, 5.41) is 14.8. The van der Waals surface area contributed by atoms with E-state index in [4.69, 9.17) is 5.11 Å². The summed E-state index contributed by atoms with van der Waals surface area (Å²) in [4.78, 5) is 22.6. The Bertz CT molecular complexity index is 299. The van der Waals surface area contributed by atoms with E-state index in [9.17, 15) is 9.59 Å². The first-order valence-electron chi connectivity index (χ1n) is 7.31. The molecule has 5 heteroatoms. The SMILES string of the molecule is CCCC1(C(=O)NCCCCCC(=O)O)CCNC1. The van der Waals surface area contributed by atoms with Gasteiger partial charge in [-0.15, -0.1) is 0 Å². The molecule has 1 unspecified atom stereocenters. The lowest BCUT2D eigenvalue weighted by atomic mass is 9.81. The number of carboxylic acid groups (broad SMARTS) is 1. The highest BCUT2D eigenvalue weighted by atomic mass is 16.4. The number of hydrogen-bond donors (Lipinski definition) is 3. The van der Waals surface area contributed by atoms with Gasteiger partial charge in [-0.25, -0.2) is 0 Å². The topological polar surface area (TPSA) is 78.4 Å². The van der Waals surface area contributed by atoms with Gasteiger partial charge in [-0.1, -0.05) is 19.8 Å². The number of hydrogen-bond acceptors (Lipinski definition) is 3. The van der Waals surface area contributed by atoms with Crippen molar-refractivity contribution in [1.82, 2.24) is 10.6 Å². The Morgan fingerprint density at radius 2 is 2.11 bits per heavy atom. The molecule has 1 rings (SSSR count). The van der Waals surface area contributed by atoms with Gasteiger partial charge in [0.05, 0.1) is 5.41 Å². The maximum absolute atomic E-state index is 12.3. The van der Waals surface area contributed by atoms with Gasteiger partial charge in [-0.2, -0.15) is 0 Å². The number of carboxylic acids is 1. The molecule has 0 spiro atoms. The molecule has 3 N–H and O–H groups in total. The summed E-state index contributed by atoms with van der Waals surface area (Å²) in [5.74, 6) is -0.583. The van der Waals surface area contributed by atoms with E-state index in [1.54, 1.807) is 0 Å². The second-order valence-corrected chi connectivity index (χ2v) is 5.42. The average molecular weight is 270 g/mol. The maximum atomic E-state index is 12.3. The van der Waals surface area contributed by atoms with Crippen LogP contribution in [0.2, 0.25) is 0 Å². The van der Waals surface area contributed by atoms with Crippen LogP contribution >= 0.6 is 0 Å². The molecule has 1 aliphatic heterocycles. The molecule has 0 aromatic heterocycles. The maximum Gasteiger partial charge on any atom is 0.303 e. The van der Waals surface area contributed by atoms with E-state index < -0.39 is 5.97 Å². The molecule has 1 heterocycles. The molecular formula is C14H26N2O3. The van der Waals surface area contributed by atoms with Crippen LogP contribution in [0.4, 0.5) is 0 Å². The molecular weight excluding hydrogens is 244 g/mol. The third-order valence-electron chi connectivity index (χ3n) is 3.81. The fourth-order valence-corrected chi connectivity index (χ4v) is 2.71. The summed E-state index contributed by atoms with van der Waals surface area (Å²) in [6, 6.07) is 0. The summed E-state index contributed by atoms with van der Waals surface area (Å²) in [6.45, 7) is 4.47. The average Bonchev–Trinajstić information content (AvgIpc) is 2.83. The number of unbranched alkanes of at least 4 members (excludes halogenated alkanes) is 2. The molecule has 0 radical (unpaired) electrons. The number of aliphatic carboxylic acids is 1. The first-order valence-corrected chi connectivity index (χ1v) is 7.31. The van der Waals surface area contributed by atoms with Gasteiger partial charge < -0.3 is 15.7 Å². The fourth-order valence-electron chi connectivity index (χ4n) is 2.71. The van der Waals surface area contributed by atoms with Crippen LogP contribution in [-0.2, 0) is 9.59 Å². The smallest absolute Gasteiger partial charge is 0.303 e. The van der Waals surface area contributed by atoms with Crippen LogP contribution in [0, 0.1) is 5.41 Å². The second-order valence-electron chi connectivity index (χ2n) is 5.42. The summed E-state index contributed by atoms with van der Waals surface area (Å²) in [7, 11) is 0. The van der Waals surface area contributed by atoms with Crippen molar-refractivity contribution in [3.63, 3.8) is 0 Å². The van der Waals surface area contributed by atoms with Crippen molar-refractivity contribution in [3.8, 4) is 0 Å². The molecule has 0 aromatic carbocycles. The number of amides is 1. The summed E-state index contributed by atoms with van der Waals surface area (Å²) in [6.07, 6.45) is 5.50. The largest absolute Gasteiger partial charge is 0.481 e. The highest BCUT2D eigenvalue weighted by Gasteiger charge is 2.39. The summed E-state index contributed by atoms with van der Waals surface area (Å²) >= 11 is 0. The van der Waals surface area contributed by atoms with E-state index in [0.717, 1.165) is 45.2 Å². The van der Waals surface area contributed by atoms with Crippen molar-refractivity contribution < 1.29 is 14.7 Å². The minimum absolute atomic E-state index is 0.164. The molecule has 0 aromatic rings. The third kappa shape index (κ3) is 5.19. The van der Waals surface area contributed by atoms with Crippen LogP contribution in [0.1, 0.15) is 51.9 Å². The van der Waals surface area contributed by atoms with E-state index in [0.29, 0.717) is 13.0 Å². The van der Waals surface area contributed by atoms with Crippen LogP contribution < -0.4 is 10.6 Å². The molecule has 19 heavy (non-hydrogen) atoms. The van der Waals surface area contributed by atoms with Crippen molar-refractivity contribution in [2.75, 3.05) is 19.6 Å². The van der Waals surface area contributed by atoms with Gasteiger partial charge >= 0.3 is 5.97 Å². The Hall–Kier alpha value is -1.10. The zero-order valence-corrected chi connectivity index (χ0v) is 11.8. The summed E-state index contributed by atoms with van der Waals surface area (Å²) < 4.78 is 0. The van der Waals surface area contributed by atoms with Gasteiger partial charge in [0.25, 0.3) is 0 Å². The quantitative estimate of drug-likeness (QED) is 0.555. The van der Waals surface area contributed by atoms with Gasteiger partial charge in [-0.3, -0.25) is 9.59 Å². The molecule has 1 fully saturated rings. The number of rotatable bonds is 9. The Labute approximate surface area is 115 Å². The van der Waals surface area contributed by atoms with Crippen molar-refractivity contribution in [2.24, 2.45) is 5.41 Å². The van der Waals surface area contributed by atoms with Crippen molar-refractivity contribution in [2.45, 2.75) is 51.9 Å². The molecule has 0 aliphatic carbocycles. The molecule has 1 aliphatic rings. The van der Waals surface area contributed by atoms with Crippen LogP contribution in [0.3, 0.4) is 0 Å². The van der Waals surface area contributed by atoms with Crippen LogP contribution in [0.15, 0.2) is 0 Å². The lowest BCUT2D eigenvalue weighted by Crippen LogP contribution is -2.42. The first kappa shape index (κ1) is 16.0. The van der Waals surface area contributed by atoms with Gasteiger partial charge in [0.1, 0.15) is 0 Å². The molecule has 5 nitrogen and oxygen atoms in total. The van der Waals surface area contributed by atoms with Gasteiger partial charge in [-0.05, 0) is 32.2 Å². The first-order chi connectivity index (χ1) is 9.10. The van der Waals surface area contributed by atoms with E-state index in [2.05, 4.69) is 17.6 Å². The zero-order valence-electron chi connectivity index (χ0n) is 11.8. The highest BCUT2D eigenvalue weighted by molar-refractivity contribution is 5.83. The van der Waals surface area contributed by atoms with Gasteiger partial charge in [0, 0.05) is 19.5 Å². The zero-order chi connectivity index (χ0) is 14.1. The lowest BCUT2D eigenvalue weighted by Gasteiger charge is -2.26. The minimum Gasteiger partial charge on any atom is -0.481 e. The number of carbonyl (C=O) groups excluding carboxylic acids is 1. The van der Waals surface area contributed by atoms with Crippen LogP contribution in [0.25, 0.3) is 0 Å². The molecule has 1 amide bonds. The predicted octanol–water partition coefficient (Wildman–Crippen LogP) is 1.53. The highest BCUT2D eigenvalue weighted by Crippen LogP contribution is 2.31. The normalized spacial score (nSPS) is 22.4. The minimum atomic E-state index is -0.747. The molecule has 0 bridgehead atoms. The standard InChI is InChI=1S/C14H26N2O3/c1-2-7-14(8-10-15-11-14)13(19)16-9-5-3-4-6-12(17)18/h15H,2-11H2,1H3,(H,16,19)(H,17,18). The van der Waals surface area contributed by atoms with Gasteiger partial charge in [0.15, 0.2) is 0 Å².